The lowest BCUT2D eigenvalue weighted by Crippen LogP contribution is -2.53. The van der Waals surface area contributed by atoms with Crippen molar-refractivity contribution in [2.45, 2.75) is 57.4 Å². The van der Waals surface area contributed by atoms with Crippen molar-refractivity contribution < 1.29 is 4.79 Å². The zero-order valence-corrected chi connectivity index (χ0v) is 18.9. The van der Waals surface area contributed by atoms with Crippen LogP contribution in [0.15, 0.2) is 54.6 Å². The SMILES string of the molecule is CC(C(=O)N1CCN(C2CCCCC2)CC1)c1cccc(Cc2ccccc2)c1.Cl. The Hall–Kier alpha value is -1.84. The van der Waals surface area contributed by atoms with Crippen molar-refractivity contribution >= 4 is 18.3 Å². The Morgan fingerprint density at radius 1 is 0.900 bits per heavy atom. The minimum Gasteiger partial charge on any atom is -0.340 e. The smallest absolute Gasteiger partial charge is 0.229 e. The quantitative estimate of drug-likeness (QED) is 0.649. The van der Waals surface area contributed by atoms with E-state index in [4.69, 9.17) is 0 Å². The lowest BCUT2D eigenvalue weighted by molar-refractivity contribution is -0.134. The summed E-state index contributed by atoms with van der Waals surface area (Å²) < 4.78 is 0. The number of amides is 1. The summed E-state index contributed by atoms with van der Waals surface area (Å²) in [6.45, 7) is 5.90. The molecule has 4 rings (SSSR count). The third kappa shape index (κ3) is 5.65. The van der Waals surface area contributed by atoms with Crippen LogP contribution < -0.4 is 0 Å². The molecule has 1 amide bonds. The van der Waals surface area contributed by atoms with Gasteiger partial charge in [-0.15, -0.1) is 12.4 Å². The molecule has 30 heavy (non-hydrogen) atoms. The highest BCUT2D eigenvalue weighted by Gasteiger charge is 2.29. The number of carbonyl (C=O) groups is 1. The summed E-state index contributed by atoms with van der Waals surface area (Å²) in [5.41, 5.74) is 3.72. The molecule has 1 aliphatic carbocycles. The Morgan fingerprint density at radius 2 is 1.57 bits per heavy atom. The van der Waals surface area contributed by atoms with Crippen molar-refractivity contribution in [3.8, 4) is 0 Å². The van der Waals surface area contributed by atoms with Gasteiger partial charge in [0.2, 0.25) is 5.91 Å². The van der Waals surface area contributed by atoms with Crippen LogP contribution in [0.2, 0.25) is 0 Å². The van der Waals surface area contributed by atoms with Gasteiger partial charge in [0.25, 0.3) is 0 Å². The molecule has 2 fully saturated rings. The van der Waals surface area contributed by atoms with Crippen LogP contribution in [0, 0.1) is 0 Å². The van der Waals surface area contributed by atoms with Crippen LogP contribution in [0.5, 0.6) is 0 Å². The number of benzene rings is 2. The van der Waals surface area contributed by atoms with Crippen LogP contribution in [0.25, 0.3) is 0 Å². The largest absolute Gasteiger partial charge is 0.340 e. The Bertz CT molecular complexity index is 796. The molecule has 1 atom stereocenters. The van der Waals surface area contributed by atoms with Crippen LogP contribution in [0.1, 0.15) is 61.6 Å². The second-order valence-corrected chi connectivity index (χ2v) is 8.78. The Labute approximate surface area is 187 Å². The summed E-state index contributed by atoms with van der Waals surface area (Å²) in [5, 5.41) is 0. The number of nitrogens with zero attached hydrogens (tertiary/aromatic N) is 2. The van der Waals surface area contributed by atoms with Gasteiger partial charge in [-0.3, -0.25) is 9.69 Å². The number of rotatable bonds is 5. The second kappa shape index (κ2) is 11.0. The Morgan fingerprint density at radius 3 is 2.27 bits per heavy atom. The molecule has 1 aliphatic heterocycles. The number of halogens is 1. The molecule has 4 heteroatoms. The van der Waals surface area contributed by atoms with Gasteiger partial charge in [-0.05, 0) is 42.9 Å². The number of hydrogen-bond acceptors (Lipinski definition) is 2. The molecule has 0 aromatic heterocycles. The molecule has 2 aromatic rings. The van der Waals surface area contributed by atoms with Crippen molar-refractivity contribution in [1.82, 2.24) is 9.80 Å². The first-order valence-electron chi connectivity index (χ1n) is 11.4. The monoisotopic (exact) mass is 426 g/mol. The minimum atomic E-state index is -0.0769. The van der Waals surface area contributed by atoms with Gasteiger partial charge >= 0.3 is 0 Å². The van der Waals surface area contributed by atoms with E-state index in [1.807, 2.05) is 0 Å². The molecule has 3 nitrogen and oxygen atoms in total. The summed E-state index contributed by atoms with van der Waals surface area (Å²) >= 11 is 0. The average molecular weight is 427 g/mol. The van der Waals surface area contributed by atoms with E-state index in [-0.39, 0.29) is 24.2 Å². The fourth-order valence-electron chi connectivity index (χ4n) is 4.97. The molecule has 1 saturated carbocycles. The highest BCUT2D eigenvalue weighted by molar-refractivity contribution is 5.85. The van der Waals surface area contributed by atoms with Crippen LogP contribution in [-0.4, -0.2) is 47.9 Å². The lowest BCUT2D eigenvalue weighted by atomic mass is 9.93. The predicted octanol–water partition coefficient (Wildman–Crippen LogP) is 5.28. The molecule has 0 spiro atoms. The van der Waals surface area contributed by atoms with E-state index >= 15 is 0 Å². The van der Waals surface area contributed by atoms with E-state index in [0.717, 1.165) is 44.2 Å². The highest BCUT2D eigenvalue weighted by Crippen LogP contribution is 2.25. The molecular formula is C26H35ClN2O. The van der Waals surface area contributed by atoms with E-state index in [2.05, 4.69) is 71.3 Å². The predicted molar refractivity (Wildman–Crippen MR) is 126 cm³/mol. The van der Waals surface area contributed by atoms with Crippen molar-refractivity contribution in [3.63, 3.8) is 0 Å². The van der Waals surface area contributed by atoms with Crippen LogP contribution in [0.4, 0.5) is 0 Å². The minimum absolute atomic E-state index is 0. The molecule has 0 radical (unpaired) electrons. The summed E-state index contributed by atoms with van der Waals surface area (Å²) in [6, 6.07) is 19.9. The first kappa shape index (κ1) is 22.8. The number of piperazine rings is 1. The van der Waals surface area contributed by atoms with Gasteiger partial charge in [-0.2, -0.15) is 0 Å². The van der Waals surface area contributed by atoms with Gasteiger partial charge in [-0.25, -0.2) is 0 Å². The summed E-state index contributed by atoms with van der Waals surface area (Å²) in [7, 11) is 0. The molecule has 1 unspecified atom stereocenters. The van der Waals surface area contributed by atoms with E-state index in [9.17, 15) is 4.79 Å². The maximum absolute atomic E-state index is 13.2. The standard InChI is InChI=1S/C26H34N2O.ClH/c1-21(24-12-8-11-23(20-24)19-22-9-4-2-5-10-22)26(29)28-17-15-27(16-18-28)25-13-6-3-7-14-25;/h2,4-5,8-12,20-21,25H,3,6-7,13-19H2,1H3;1H. The maximum Gasteiger partial charge on any atom is 0.229 e. The number of hydrogen-bond donors (Lipinski definition) is 0. The Balaban J connectivity index is 0.00000256. The fourth-order valence-corrected chi connectivity index (χ4v) is 4.97. The maximum atomic E-state index is 13.2. The molecule has 0 N–H and O–H groups in total. The molecule has 1 heterocycles. The van der Waals surface area contributed by atoms with Crippen molar-refractivity contribution in [1.29, 1.82) is 0 Å². The normalized spacial score (nSPS) is 19.2. The molecule has 162 valence electrons. The first-order valence-corrected chi connectivity index (χ1v) is 11.4. The fraction of sp³-hybridized carbons (Fsp3) is 0.500. The topological polar surface area (TPSA) is 23.6 Å². The van der Waals surface area contributed by atoms with Gasteiger partial charge in [-0.1, -0.05) is 73.9 Å². The zero-order valence-electron chi connectivity index (χ0n) is 18.1. The zero-order chi connectivity index (χ0) is 20.1. The summed E-state index contributed by atoms with van der Waals surface area (Å²) in [5.74, 6) is 0.206. The second-order valence-electron chi connectivity index (χ2n) is 8.78. The molecule has 2 aromatic carbocycles. The van der Waals surface area contributed by atoms with Crippen molar-refractivity contribution in [2.24, 2.45) is 0 Å². The third-order valence-electron chi connectivity index (χ3n) is 6.79. The van der Waals surface area contributed by atoms with Gasteiger partial charge < -0.3 is 4.90 Å². The van der Waals surface area contributed by atoms with Crippen LogP contribution in [-0.2, 0) is 11.2 Å². The number of carbonyl (C=O) groups excluding carboxylic acids is 1. The van der Waals surface area contributed by atoms with Gasteiger partial charge in [0, 0.05) is 32.2 Å². The molecule has 2 aliphatic rings. The molecule has 0 bridgehead atoms. The van der Waals surface area contributed by atoms with E-state index in [1.54, 1.807) is 0 Å². The van der Waals surface area contributed by atoms with E-state index < -0.39 is 0 Å². The Kier molecular flexibility index (Phi) is 8.35. The highest BCUT2D eigenvalue weighted by atomic mass is 35.5. The van der Waals surface area contributed by atoms with Crippen LogP contribution in [0.3, 0.4) is 0 Å². The third-order valence-corrected chi connectivity index (χ3v) is 6.79. The van der Waals surface area contributed by atoms with Gasteiger partial charge in [0.1, 0.15) is 0 Å². The lowest BCUT2D eigenvalue weighted by Gasteiger charge is -2.41. The molecule has 1 saturated heterocycles. The molecular weight excluding hydrogens is 392 g/mol. The van der Waals surface area contributed by atoms with E-state index in [0.29, 0.717) is 0 Å². The summed E-state index contributed by atoms with van der Waals surface area (Å²) in [4.78, 5) is 17.9. The van der Waals surface area contributed by atoms with E-state index in [1.165, 1.54) is 43.2 Å². The van der Waals surface area contributed by atoms with Crippen LogP contribution >= 0.6 is 12.4 Å². The van der Waals surface area contributed by atoms with Crippen molar-refractivity contribution in [3.05, 3.63) is 71.3 Å². The average Bonchev–Trinajstić information content (AvgIpc) is 2.80. The summed E-state index contributed by atoms with van der Waals surface area (Å²) in [6.07, 6.45) is 7.75. The first-order chi connectivity index (χ1) is 14.2. The van der Waals surface area contributed by atoms with Gasteiger partial charge in [0.15, 0.2) is 0 Å². The van der Waals surface area contributed by atoms with Crippen molar-refractivity contribution in [2.75, 3.05) is 26.2 Å². The van der Waals surface area contributed by atoms with Gasteiger partial charge in [0.05, 0.1) is 5.92 Å².